The van der Waals surface area contributed by atoms with E-state index in [9.17, 15) is 10.1 Å². The zero-order chi connectivity index (χ0) is 16.9. The number of fused-ring (bicyclic) bond motifs is 1. The highest BCUT2D eigenvalue weighted by Crippen LogP contribution is 2.21. The fraction of sp³-hybridized carbons (Fsp3) is 0.375. The summed E-state index contributed by atoms with van der Waals surface area (Å²) in [4.78, 5) is 10.5. The third kappa shape index (κ3) is 3.60. The van der Waals surface area contributed by atoms with E-state index in [-0.39, 0.29) is 10.6 Å². The minimum atomic E-state index is -0.377. The molecule has 2 N–H and O–H groups in total. The molecule has 3 rings (SSSR count). The number of nitro benzene ring substituents is 1. The number of rotatable bonds is 8. The maximum atomic E-state index is 10.8. The molecule has 8 nitrogen and oxygen atoms in total. The number of aromatic nitrogens is 4. The molecule has 0 saturated carbocycles. The molecule has 0 unspecified atom stereocenters. The van der Waals surface area contributed by atoms with Crippen molar-refractivity contribution in [1.82, 2.24) is 19.6 Å². The van der Waals surface area contributed by atoms with Crippen molar-refractivity contribution in [1.29, 1.82) is 0 Å². The van der Waals surface area contributed by atoms with Crippen LogP contribution in [0, 0.1) is 10.1 Å². The Balaban J connectivity index is 1.64. The van der Waals surface area contributed by atoms with E-state index in [0.29, 0.717) is 13.1 Å². The van der Waals surface area contributed by atoms with Crippen molar-refractivity contribution >= 4 is 16.6 Å². The van der Waals surface area contributed by atoms with Gasteiger partial charge in [0.2, 0.25) is 0 Å². The summed E-state index contributed by atoms with van der Waals surface area (Å²) in [6.45, 7) is 2.13. The number of nitrogens with two attached hydrogens (primary N) is 1. The molecule has 24 heavy (non-hydrogen) atoms. The number of nitro groups is 1. The Morgan fingerprint density at radius 1 is 1.21 bits per heavy atom. The van der Waals surface area contributed by atoms with Gasteiger partial charge in [-0.25, -0.2) is 0 Å². The predicted molar refractivity (Wildman–Crippen MR) is 90.6 cm³/mol. The summed E-state index contributed by atoms with van der Waals surface area (Å²) >= 11 is 0. The Hall–Kier alpha value is -2.74. The Labute approximate surface area is 139 Å². The first-order valence-corrected chi connectivity index (χ1v) is 8.00. The van der Waals surface area contributed by atoms with Crippen LogP contribution >= 0.6 is 0 Å². The van der Waals surface area contributed by atoms with E-state index in [2.05, 4.69) is 14.9 Å². The number of hydrogen-bond donors (Lipinski definition) is 1. The second-order valence-electron chi connectivity index (χ2n) is 5.73. The third-order valence-electron chi connectivity index (χ3n) is 4.01. The van der Waals surface area contributed by atoms with Crippen LogP contribution in [0.25, 0.3) is 10.9 Å². The first kappa shape index (κ1) is 16.1. The first-order valence-electron chi connectivity index (χ1n) is 8.00. The Morgan fingerprint density at radius 3 is 2.88 bits per heavy atom. The van der Waals surface area contributed by atoms with Gasteiger partial charge in [0.05, 0.1) is 17.2 Å². The average Bonchev–Trinajstić information content (AvgIpc) is 3.19. The smallest absolute Gasteiger partial charge is 0.270 e. The molecule has 0 aliphatic carbocycles. The second kappa shape index (κ2) is 7.22. The topological polar surface area (TPSA) is 105 Å². The summed E-state index contributed by atoms with van der Waals surface area (Å²) in [7, 11) is 0. The number of benzene rings is 1. The molecule has 0 fully saturated rings. The number of hydrogen-bond acceptors (Lipinski definition) is 5. The summed E-state index contributed by atoms with van der Waals surface area (Å²) in [5.74, 6) is 0. The largest absolute Gasteiger partial charge is 0.346 e. The van der Waals surface area contributed by atoms with E-state index in [1.807, 2.05) is 23.1 Å². The van der Waals surface area contributed by atoms with E-state index >= 15 is 0 Å². The second-order valence-corrected chi connectivity index (χ2v) is 5.73. The van der Waals surface area contributed by atoms with Gasteiger partial charge in [0.25, 0.3) is 5.69 Å². The van der Waals surface area contributed by atoms with E-state index in [1.54, 1.807) is 12.1 Å². The van der Waals surface area contributed by atoms with Crippen molar-refractivity contribution in [2.24, 2.45) is 5.73 Å². The fourth-order valence-electron chi connectivity index (χ4n) is 2.72. The monoisotopic (exact) mass is 328 g/mol. The Kier molecular flexibility index (Phi) is 4.85. The zero-order valence-corrected chi connectivity index (χ0v) is 13.3. The molecular formula is C16H20N6O2. The van der Waals surface area contributed by atoms with Gasteiger partial charge in [-0.1, -0.05) is 5.21 Å². The quantitative estimate of drug-likeness (QED) is 0.387. The van der Waals surface area contributed by atoms with Gasteiger partial charge in [-0.3, -0.25) is 14.8 Å². The minimum Gasteiger partial charge on any atom is -0.346 e. The number of unbranched alkanes of at least 4 members (excludes halogenated alkanes) is 1. The molecule has 0 aliphatic heterocycles. The molecule has 0 atom stereocenters. The number of aryl methyl sites for hydroxylation is 3. The van der Waals surface area contributed by atoms with Gasteiger partial charge in [-0.05, 0) is 37.9 Å². The van der Waals surface area contributed by atoms with E-state index in [0.717, 1.165) is 42.4 Å². The molecule has 3 aromatic rings. The van der Waals surface area contributed by atoms with Crippen molar-refractivity contribution < 1.29 is 4.92 Å². The van der Waals surface area contributed by atoms with Crippen molar-refractivity contribution in [2.45, 2.75) is 32.4 Å². The lowest BCUT2D eigenvalue weighted by atomic mass is 10.2. The molecule has 0 amide bonds. The van der Waals surface area contributed by atoms with Gasteiger partial charge in [0.1, 0.15) is 0 Å². The molecule has 2 heterocycles. The van der Waals surface area contributed by atoms with Gasteiger partial charge in [0, 0.05) is 42.0 Å². The summed E-state index contributed by atoms with van der Waals surface area (Å²) in [6, 6.07) is 6.80. The highest BCUT2D eigenvalue weighted by molar-refractivity contribution is 5.82. The van der Waals surface area contributed by atoms with Crippen molar-refractivity contribution in [2.75, 3.05) is 6.54 Å². The van der Waals surface area contributed by atoms with E-state index in [4.69, 9.17) is 5.73 Å². The van der Waals surface area contributed by atoms with Crippen LogP contribution in [0.1, 0.15) is 18.5 Å². The van der Waals surface area contributed by atoms with Crippen LogP contribution < -0.4 is 5.73 Å². The third-order valence-corrected chi connectivity index (χ3v) is 4.01. The Morgan fingerprint density at radius 2 is 2.08 bits per heavy atom. The molecule has 2 aromatic heterocycles. The summed E-state index contributed by atoms with van der Waals surface area (Å²) in [5, 5.41) is 20.0. The van der Waals surface area contributed by atoms with Crippen molar-refractivity contribution in [3.8, 4) is 0 Å². The molecule has 8 heteroatoms. The maximum absolute atomic E-state index is 10.8. The van der Waals surface area contributed by atoms with Crippen LogP contribution in [0.15, 0.2) is 36.7 Å². The maximum Gasteiger partial charge on any atom is 0.270 e. The van der Waals surface area contributed by atoms with Crippen LogP contribution in [0.3, 0.4) is 0 Å². The van der Waals surface area contributed by atoms with E-state index < -0.39 is 0 Å². The normalized spacial score (nSPS) is 11.2. The first-order chi connectivity index (χ1) is 11.7. The highest BCUT2D eigenvalue weighted by atomic mass is 16.6. The number of non-ortho nitro benzene ring substituents is 1. The zero-order valence-electron chi connectivity index (χ0n) is 13.3. The van der Waals surface area contributed by atoms with Crippen LogP contribution in [0.4, 0.5) is 5.69 Å². The molecule has 0 bridgehead atoms. The highest BCUT2D eigenvalue weighted by Gasteiger charge is 2.09. The molecule has 0 aliphatic rings. The average molecular weight is 328 g/mol. The molecular weight excluding hydrogens is 308 g/mol. The standard InChI is InChI=1S/C16H20N6O2/c17-7-2-1-3-14-12-21(19-18-14)10-9-20-8-6-13-11-15(22(23)24)4-5-16(13)20/h4-6,8,11-12H,1-3,7,9-10,17H2. The summed E-state index contributed by atoms with van der Waals surface area (Å²) in [5.41, 5.74) is 7.56. The molecule has 1 aromatic carbocycles. The Bertz CT molecular complexity index is 838. The number of nitrogens with zero attached hydrogens (tertiary/aromatic N) is 5. The SMILES string of the molecule is NCCCCc1cn(CCn2ccc3cc([N+](=O)[O-])ccc32)nn1. The minimum absolute atomic E-state index is 0.110. The van der Waals surface area contributed by atoms with Gasteiger partial charge >= 0.3 is 0 Å². The van der Waals surface area contributed by atoms with Crippen LogP contribution in [-0.4, -0.2) is 31.0 Å². The van der Waals surface area contributed by atoms with Gasteiger partial charge in [-0.2, -0.15) is 0 Å². The lowest BCUT2D eigenvalue weighted by molar-refractivity contribution is -0.384. The van der Waals surface area contributed by atoms with Crippen LogP contribution in [0.5, 0.6) is 0 Å². The van der Waals surface area contributed by atoms with Gasteiger partial charge < -0.3 is 10.3 Å². The van der Waals surface area contributed by atoms with Gasteiger partial charge in [-0.15, -0.1) is 5.10 Å². The summed E-state index contributed by atoms with van der Waals surface area (Å²) < 4.78 is 3.89. The van der Waals surface area contributed by atoms with Crippen molar-refractivity contribution in [3.05, 3.63) is 52.5 Å². The lowest BCUT2D eigenvalue weighted by Gasteiger charge is -2.05. The van der Waals surface area contributed by atoms with Crippen LogP contribution in [0.2, 0.25) is 0 Å². The van der Waals surface area contributed by atoms with E-state index in [1.165, 1.54) is 6.07 Å². The molecule has 0 radical (unpaired) electrons. The molecule has 0 saturated heterocycles. The van der Waals surface area contributed by atoms with Crippen LogP contribution in [-0.2, 0) is 19.5 Å². The molecule has 0 spiro atoms. The predicted octanol–water partition coefficient (Wildman–Crippen LogP) is 2.12. The molecule has 126 valence electrons. The van der Waals surface area contributed by atoms with Gasteiger partial charge in [0.15, 0.2) is 0 Å². The summed E-state index contributed by atoms with van der Waals surface area (Å²) in [6.07, 6.45) is 6.82. The van der Waals surface area contributed by atoms with Crippen molar-refractivity contribution in [3.63, 3.8) is 0 Å². The lowest BCUT2D eigenvalue weighted by Crippen LogP contribution is -2.07. The fourth-order valence-corrected chi connectivity index (χ4v) is 2.72.